The number of benzene rings is 2. The van der Waals surface area contributed by atoms with Gasteiger partial charge in [-0.1, -0.05) is 73.5 Å². The topological polar surface area (TPSA) is 29.1 Å². The van der Waals surface area contributed by atoms with Crippen LogP contribution >= 0.6 is 0 Å². The summed E-state index contributed by atoms with van der Waals surface area (Å²) < 4.78 is 0. The zero-order valence-corrected chi connectivity index (χ0v) is 14.5. The minimum absolute atomic E-state index is 0.305. The molecule has 2 nitrogen and oxygen atoms in total. The number of ketones is 1. The van der Waals surface area contributed by atoms with Crippen LogP contribution < -0.4 is 5.32 Å². The van der Waals surface area contributed by atoms with Gasteiger partial charge < -0.3 is 5.32 Å². The standard InChI is InChI=1S/C22H27NO/c1-22(18-11-5-2-6-12-18,19-13-7-3-8-14-19)21(24)17-20-15-9-4-10-16-23-20/h2-3,5-8,11-14,20,23H,4,9-10,15-17H2,1H3. The summed E-state index contributed by atoms with van der Waals surface area (Å²) in [4.78, 5) is 13.4. The first kappa shape index (κ1) is 16.9. The van der Waals surface area contributed by atoms with E-state index in [1.165, 1.54) is 19.3 Å². The minimum Gasteiger partial charge on any atom is -0.314 e. The molecule has 1 heterocycles. The lowest BCUT2D eigenvalue weighted by Crippen LogP contribution is -2.39. The Morgan fingerprint density at radius 1 is 0.958 bits per heavy atom. The molecule has 0 aliphatic carbocycles. The second-order valence-corrected chi connectivity index (χ2v) is 6.98. The average Bonchev–Trinajstić information content (AvgIpc) is 2.91. The van der Waals surface area contributed by atoms with Gasteiger partial charge in [0.2, 0.25) is 0 Å². The van der Waals surface area contributed by atoms with Crippen LogP contribution in [-0.4, -0.2) is 18.4 Å². The van der Waals surface area contributed by atoms with Crippen LogP contribution in [0.4, 0.5) is 0 Å². The molecule has 126 valence electrons. The molecule has 3 rings (SSSR count). The predicted molar refractivity (Wildman–Crippen MR) is 99.2 cm³/mol. The summed E-state index contributed by atoms with van der Waals surface area (Å²) in [6.45, 7) is 3.11. The molecule has 2 heteroatoms. The van der Waals surface area contributed by atoms with Crippen LogP contribution in [0.5, 0.6) is 0 Å². The lowest BCUT2D eigenvalue weighted by molar-refractivity contribution is -0.123. The van der Waals surface area contributed by atoms with Gasteiger partial charge in [0.05, 0.1) is 5.41 Å². The van der Waals surface area contributed by atoms with Gasteiger partial charge in [0.1, 0.15) is 5.78 Å². The molecule has 2 aromatic rings. The number of hydrogen-bond acceptors (Lipinski definition) is 2. The van der Waals surface area contributed by atoms with Gasteiger partial charge in [-0.15, -0.1) is 0 Å². The van der Waals surface area contributed by atoms with Gasteiger partial charge in [-0.3, -0.25) is 4.79 Å². The molecule has 0 amide bonds. The number of Topliss-reactive ketones (excluding diaryl/α,β-unsaturated/α-hetero) is 1. The molecule has 0 bridgehead atoms. The van der Waals surface area contributed by atoms with Crippen LogP contribution in [0.3, 0.4) is 0 Å². The summed E-state index contributed by atoms with van der Waals surface area (Å²) in [5, 5.41) is 3.57. The number of carbonyl (C=O) groups is 1. The molecule has 1 saturated heterocycles. The molecule has 1 aliphatic rings. The highest BCUT2D eigenvalue weighted by atomic mass is 16.1. The predicted octanol–water partition coefficient (Wildman–Crippen LogP) is 4.48. The summed E-state index contributed by atoms with van der Waals surface area (Å²) in [5.74, 6) is 0.305. The van der Waals surface area contributed by atoms with Crippen molar-refractivity contribution in [1.29, 1.82) is 0 Å². The van der Waals surface area contributed by atoms with Crippen molar-refractivity contribution in [3.05, 3.63) is 71.8 Å². The Balaban J connectivity index is 1.91. The van der Waals surface area contributed by atoms with Gasteiger partial charge in [-0.05, 0) is 37.4 Å². The molecular formula is C22H27NO. The van der Waals surface area contributed by atoms with Gasteiger partial charge in [-0.25, -0.2) is 0 Å². The van der Waals surface area contributed by atoms with E-state index in [0.29, 0.717) is 18.2 Å². The normalized spacial score (nSPS) is 18.8. The second-order valence-electron chi connectivity index (χ2n) is 6.98. The van der Waals surface area contributed by atoms with Crippen LogP contribution in [0.15, 0.2) is 60.7 Å². The fourth-order valence-corrected chi connectivity index (χ4v) is 3.73. The van der Waals surface area contributed by atoms with Crippen molar-refractivity contribution >= 4 is 5.78 Å². The molecular weight excluding hydrogens is 294 g/mol. The molecule has 24 heavy (non-hydrogen) atoms. The Kier molecular flexibility index (Phi) is 5.47. The summed E-state index contributed by atoms with van der Waals surface area (Å²) in [6.07, 6.45) is 5.41. The maximum absolute atomic E-state index is 13.4. The molecule has 0 radical (unpaired) electrons. The van der Waals surface area contributed by atoms with E-state index in [1.54, 1.807) is 0 Å². The van der Waals surface area contributed by atoms with E-state index < -0.39 is 5.41 Å². The quantitative estimate of drug-likeness (QED) is 0.879. The Morgan fingerprint density at radius 3 is 2.12 bits per heavy atom. The highest BCUT2D eigenvalue weighted by Crippen LogP contribution is 2.34. The number of rotatable bonds is 5. The van der Waals surface area contributed by atoms with Crippen LogP contribution in [0.1, 0.15) is 50.2 Å². The van der Waals surface area contributed by atoms with E-state index in [-0.39, 0.29) is 0 Å². The lowest BCUT2D eigenvalue weighted by Gasteiger charge is -2.31. The van der Waals surface area contributed by atoms with Crippen LogP contribution in [-0.2, 0) is 10.2 Å². The van der Waals surface area contributed by atoms with E-state index in [0.717, 1.165) is 24.1 Å². The molecule has 1 atom stereocenters. The maximum Gasteiger partial charge on any atom is 0.149 e. The van der Waals surface area contributed by atoms with E-state index in [9.17, 15) is 4.79 Å². The van der Waals surface area contributed by atoms with Crippen molar-refractivity contribution in [2.24, 2.45) is 0 Å². The molecule has 1 aliphatic heterocycles. The fraction of sp³-hybridized carbons (Fsp3) is 0.409. The van der Waals surface area contributed by atoms with Gasteiger partial charge >= 0.3 is 0 Å². The van der Waals surface area contributed by atoms with E-state index >= 15 is 0 Å². The highest BCUT2D eigenvalue weighted by molar-refractivity contribution is 5.93. The van der Waals surface area contributed by atoms with E-state index in [1.807, 2.05) is 36.4 Å². The van der Waals surface area contributed by atoms with Gasteiger partial charge in [0.25, 0.3) is 0 Å². The van der Waals surface area contributed by atoms with Crippen molar-refractivity contribution in [1.82, 2.24) is 5.32 Å². The summed E-state index contributed by atoms with van der Waals surface area (Å²) in [5.41, 5.74) is 1.57. The SMILES string of the molecule is CC(C(=O)CC1CCCCCN1)(c1ccccc1)c1ccccc1. The average molecular weight is 321 g/mol. The Labute approximate surface area is 145 Å². The van der Waals surface area contributed by atoms with Crippen molar-refractivity contribution in [2.75, 3.05) is 6.54 Å². The van der Waals surface area contributed by atoms with Crippen LogP contribution in [0.2, 0.25) is 0 Å². The summed E-state index contributed by atoms with van der Waals surface area (Å²) >= 11 is 0. The Hall–Kier alpha value is -1.93. The van der Waals surface area contributed by atoms with Gasteiger partial charge in [-0.2, -0.15) is 0 Å². The third kappa shape index (κ3) is 3.59. The summed E-state index contributed by atoms with van der Waals surface area (Å²) in [6, 6.07) is 20.7. The minimum atomic E-state index is -0.587. The van der Waals surface area contributed by atoms with Crippen molar-refractivity contribution in [3.63, 3.8) is 0 Å². The molecule has 0 aromatic heterocycles. The lowest BCUT2D eigenvalue weighted by atomic mass is 9.71. The van der Waals surface area contributed by atoms with Crippen molar-refractivity contribution < 1.29 is 4.79 Å². The largest absolute Gasteiger partial charge is 0.314 e. The first-order valence-electron chi connectivity index (χ1n) is 9.09. The fourth-order valence-electron chi connectivity index (χ4n) is 3.73. The third-order valence-electron chi connectivity index (χ3n) is 5.35. The van der Waals surface area contributed by atoms with Crippen molar-refractivity contribution in [2.45, 2.75) is 50.5 Å². The van der Waals surface area contributed by atoms with E-state index in [2.05, 4.69) is 36.5 Å². The first-order valence-corrected chi connectivity index (χ1v) is 9.09. The molecule has 1 fully saturated rings. The second kappa shape index (κ2) is 7.76. The Bertz CT molecular complexity index is 603. The van der Waals surface area contributed by atoms with Crippen molar-refractivity contribution in [3.8, 4) is 0 Å². The smallest absolute Gasteiger partial charge is 0.149 e. The zero-order chi connectivity index (χ0) is 16.8. The molecule has 2 aromatic carbocycles. The zero-order valence-electron chi connectivity index (χ0n) is 14.5. The summed E-state index contributed by atoms with van der Waals surface area (Å²) in [7, 11) is 0. The highest BCUT2D eigenvalue weighted by Gasteiger charge is 2.37. The Morgan fingerprint density at radius 2 is 1.54 bits per heavy atom. The maximum atomic E-state index is 13.4. The number of nitrogens with one attached hydrogen (secondary N) is 1. The van der Waals surface area contributed by atoms with Crippen LogP contribution in [0.25, 0.3) is 0 Å². The van der Waals surface area contributed by atoms with Gasteiger partial charge in [0, 0.05) is 12.5 Å². The third-order valence-corrected chi connectivity index (χ3v) is 5.35. The number of hydrogen-bond donors (Lipinski definition) is 1. The van der Waals surface area contributed by atoms with E-state index in [4.69, 9.17) is 0 Å². The first-order chi connectivity index (χ1) is 11.7. The number of carbonyl (C=O) groups excluding carboxylic acids is 1. The molecule has 0 saturated carbocycles. The van der Waals surface area contributed by atoms with Gasteiger partial charge in [0.15, 0.2) is 0 Å². The molecule has 1 N–H and O–H groups in total. The molecule has 1 unspecified atom stereocenters. The van der Waals surface area contributed by atoms with Crippen LogP contribution in [0, 0.1) is 0 Å². The monoisotopic (exact) mass is 321 g/mol. The molecule has 0 spiro atoms.